The molecule has 2 saturated heterocycles. The standard InChI is InChI=1S/C17H28N2O2/c1-6-11-13(20)18-10-8-7-9-12(18)14(21)19(11)15-16(2,3)17(15,4)5/h11-12,15H,6-10H2,1-5H3. The molecule has 1 aliphatic carbocycles. The van der Waals surface area contributed by atoms with E-state index >= 15 is 0 Å². The van der Waals surface area contributed by atoms with Gasteiger partial charge in [0, 0.05) is 12.6 Å². The average molecular weight is 292 g/mol. The summed E-state index contributed by atoms with van der Waals surface area (Å²) in [5, 5.41) is 0. The topological polar surface area (TPSA) is 40.6 Å². The van der Waals surface area contributed by atoms with Gasteiger partial charge in [0.15, 0.2) is 0 Å². The van der Waals surface area contributed by atoms with Crippen molar-refractivity contribution in [1.82, 2.24) is 9.80 Å². The van der Waals surface area contributed by atoms with E-state index in [9.17, 15) is 9.59 Å². The van der Waals surface area contributed by atoms with Gasteiger partial charge in [-0.05, 0) is 36.5 Å². The maximum absolute atomic E-state index is 13.1. The van der Waals surface area contributed by atoms with Crippen LogP contribution in [0.15, 0.2) is 0 Å². The van der Waals surface area contributed by atoms with E-state index in [1.54, 1.807) is 0 Å². The molecule has 0 aromatic carbocycles. The Hall–Kier alpha value is -1.06. The lowest BCUT2D eigenvalue weighted by atomic mass is 9.93. The second-order valence-electron chi connectivity index (χ2n) is 8.06. The van der Waals surface area contributed by atoms with Crippen LogP contribution in [0.1, 0.15) is 60.3 Å². The summed E-state index contributed by atoms with van der Waals surface area (Å²) in [5.74, 6) is 0.380. The Labute approximate surface area is 127 Å². The minimum absolute atomic E-state index is 0.0905. The maximum atomic E-state index is 13.1. The van der Waals surface area contributed by atoms with Gasteiger partial charge in [0.2, 0.25) is 11.8 Å². The molecular formula is C17H28N2O2. The van der Waals surface area contributed by atoms with Gasteiger partial charge in [0.25, 0.3) is 0 Å². The highest BCUT2D eigenvalue weighted by Crippen LogP contribution is 2.66. The van der Waals surface area contributed by atoms with Crippen molar-refractivity contribution in [1.29, 1.82) is 0 Å². The number of amides is 2. The van der Waals surface area contributed by atoms with E-state index in [1.165, 1.54) is 0 Å². The van der Waals surface area contributed by atoms with Crippen LogP contribution in [-0.2, 0) is 9.59 Å². The first-order valence-corrected chi connectivity index (χ1v) is 8.37. The third kappa shape index (κ3) is 1.80. The summed E-state index contributed by atoms with van der Waals surface area (Å²) in [7, 11) is 0. The van der Waals surface area contributed by atoms with Crippen molar-refractivity contribution in [3.05, 3.63) is 0 Å². The molecule has 2 aliphatic heterocycles. The molecule has 118 valence electrons. The van der Waals surface area contributed by atoms with Crippen molar-refractivity contribution in [2.45, 2.75) is 78.4 Å². The van der Waals surface area contributed by atoms with Crippen molar-refractivity contribution in [2.24, 2.45) is 10.8 Å². The fourth-order valence-electron chi connectivity index (χ4n) is 4.62. The van der Waals surface area contributed by atoms with Crippen LogP contribution >= 0.6 is 0 Å². The Bertz CT molecular complexity index is 469. The molecule has 4 heteroatoms. The number of piperidine rings is 1. The second-order valence-corrected chi connectivity index (χ2v) is 8.06. The van der Waals surface area contributed by atoms with E-state index in [1.807, 2.05) is 16.7 Å². The summed E-state index contributed by atoms with van der Waals surface area (Å²) in [6.45, 7) is 11.7. The molecule has 0 spiro atoms. The molecule has 0 bridgehead atoms. The first-order chi connectivity index (χ1) is 9.75. The van der Waals surface area contributed by atoms with Crippen LogP contribution in [0.2, 0.25) is 0 Å². The molecule has 2 unspecified atom stereocenters. The lowest BCUT2D eigenvalue weighted by molar-refractivity contribution is -0.165. The number of rotatable bonds is 2. The number of nitrogens with zero attached hydrogens (tertiary/aromatic N) is 2. The molecular weight excluding hydrogens is 264 g/mol. The normalized spacial score (nSPS) is 34.9. The zero-order valence-corrected chi connectivity index (χ0v) is 14.0. The summed E-state index contributed by atoms with van der Waals surface area (Å²) in [4.78, 5) is 29.7. The number of hydrogen-bond acceptors (Lipinski definition) is 2. The van der Waals surface area contributed by atoms with Gasteiger partial charge in [-0.15, -0.1) is 0 Å². The molecule has 0 N–H and O–H groups in total. The fourth-order valence-corrected chi connectivity index (χ4v) is 4.62. The van der Waals surface area contributed by atoms with Gasteiger partial charge in [0.05, 0.1) is 0 Å². The summed E-state index contributed by atoms with van der Waals surface area (Å²) in [5.41, 5.74) is 0.181. The molecule has 2 atom stereocenters. The summed E-state index contributed by atoms with van der Waals surface area (Å²) >= 11 is 0. The van der Waals surface area contributed by atoms with Crippen molar-refractivity contribution in [3.8, 4) is 0 Å². The summed E-state index contributed by atoms with van der Waals surface area (Å²) in [6, 6.07) is -0.255. The van der Waals surface area contributed by atoms with E-state index in [-0.39, 0.29) is 40.8 Å². The SMILES string of the molecule is CCC1C(=O)N2CCCCC2C(=O)N1C1C(C)(C)C1(C)C. The quantitative estimate of drug-likeness (QED) is 0.784. The van der Waals surface area contributed by atoms with Gasteiger partial charge in [-0.3, -0.25) is 9.59 Å². The Morgan fingerprint density at radius 1 is 1.05 bits per heavy atom. The lowest BCUT2D eigenvalue weighted by Crippen LogP contribution is -2.66. The van der Waals surface area contributed by atoms with Gasteiger partial charge in [0.1, 0.15) is 12.1 Å². The van der Waals surface area contributed by atoms with E-state index in [0.29, 0.717) is 0 Å². The number of carbonyl (C=O) groups is 2. The van der Waals surface area contributed by atoms with Gasteiger partial charge < -0.3 is 9.80 Å². The molecule has 0 aromatic rings. The smallest absolute Gasteiger partial charge is 0.246 e. The zero-order valence-electron chi connectivity index (χ0n) is 14.0. The monoisotopic (exact) mass is 292 g/mol. The molecule has 0 aromatic heterocycles. The molecule has 3 aliphatic rings. The third-order valence-corrected chi connectivity index (χ3v) is 6.56. The number of fused-ring (bicyclic) bond motifs is 1. The minimum Gasteiger partial charge on any atom is -0.329 e. The summed E-state index contributed by atoms with van der Waals surface area (Å²) in [6.07, 6.45) is 3.65. The predicted octanol–water partition coefficient (Wildman–Crippen LogP) is 2.42. The number of piperazine rings is 1. The Morgan fingerprint density at radius 3 is 2.19 bits per heavy atom. The number of hydrogen-bond donors (Lipinski definition) is 0. The van der Waals surface area contributed by atoms with E-state index in [4.69, 9.17) is 0 Å². The Kier molecular flexibility index (Phi) is 3.16. The van der Waals surface area contributed by atoms with Crippen LogP contribution in [0.4, 0.5) is 0 Å². The minimum atomic E-state index is -0.252. The highest BCUT2D eigenvalue weighted by atomic mass is 16.2. The van der Waals surface area contributed by atoms with Crippen LogP contribution in [0.3, 0.4) is 0 Å². The highest BCUT2D eigenvalue weighted by Gasteiger charge is 2.70. The predicted molar refractivity (Wildman–Crippen MR) is 81.6 cm³/mol. The molecule has 21 heavy (non-hydrogen) atoms. The number of carbonyl (C=O) groups excluding carboxylic acids is 2. The maximum Gasteiger partial charge on any atom is 0.246 e. The van der Waals surface area contributed by atoms with Crippen LogP contribution < -0.4 is 0 Å². The largest absolute Gasteiger partial charge is 0.329 e. The molecule has 0 radical (unpaired) electrons. The first-order valence-electron chi connectivity index (χ1n) is 8.37. The molecule has 2 amide bonds. The van der Waals surface area contributed by atoms with Gasteiger partial charge >= 0.3 is 0 Å². The third-order valence-electron chi connectivity index (χ3n) is 6.56. The van der Waals surface area contributed by atoms with Crippen molar-refractivity contribution in [2.75, 3.05) is 6.54 Å². The van der Waals surface area contributed by atoms with Gasteiger partial charge in [-0.25, -0.2) is 0 Å². The van der Waals surface area contributed by atoms with Crippen LogP contribution in [0, 0.1) is 10.8 Å². The molecule has 1 saturated carbocycles. The van der Waals surface area contributed by atoms with Crippen molar-refractivity contribution < 1.29 is 9.59 Å². The van der Waals surface area contributed by atoms with Crippen molar-refractivity contribution in [3.63, 3.8) is 0 Å². The van der Waals surface area contributed by atoms with Crippen LogP contribution in [0.25, 0.3) is 0 Å². The van der Waals surface area contributed by atoms with E-state index in [2.05, 4.69) is 27.7 Å². The lowest BCUT2D eigenvalue weighted by Gasteiger charge is -2.47. The fraction of sp³-hybridized carbons (Fsp3) is 0.882. The Balaban J connectivity index is 1.95. The molecule has 2 heterocycles. The molecule has 3 rings (SSSR count). The zero-order chi connectivity index (χ0) is 15.6. The van der Waals surface area contributed by atoms with E-state index in [0.717, 1.165) is 32.2 Å². The van der Waals surface area contributed by atoms with Crippen molar-refractivity contribution >= 4 is 11.8 Å². The molecule has 3 fully saturated rings. The first kappa shape index (κ1) is 14.9. The highest BCUT2D eigenvalue weighted by molar-refractivity contribution is 5.97. The van der Waals surface area contributed by atoms with Gasteiger partial charge in [-0.1, -0.05) is 34.6 Å². The van der Waals surface area contributed by atoms with E-state index < -0.39 is 0 Å². The van der Waals surface area contributed by atoms with Crippen LogP contribution in [-0.4, -0.2) is 46.3 Å². The molecule has 4 nitrogen and oxygen atoms in total. The summed E-state index contributed by atoms with van der Waals surface area (Å²) < 4.78 is 0. The Morgan fingerprint density at radius 2 is 1.67 bits per heavy atom. The van der Waals surface area contributed by atoms with Crippen LogP contribution in [0.5, 0.6) is 0 Å². The van der Waals surface area contributed by atoms with Gasteiger partial charge in [-0.2, -0.15) is 0 Å². The second kappa shape index (κ2) is 4.47. The average Bonchev–Trinajstić information content (AvgIpc) is 2.84.